The van der Waals surface area contributed by atoms with E-state index < -0.39 is 0 Å². The van der Waals surface area contributed by atoms with Gasteiger partial charge in [0.2, 0.25) is 0 Å². The molecule has 1 heterocycles. The normalized spacial score (nSPS) is 27.8. The van der Waals surface area contributed by atoms with Gasteiger partial charge < -0.3 is 10.0 Å². The van der Waals surface area contributed by atoms with Crippen molar-refractivity contribution in [2.75, 3.05) is 37.6 Å². The molecule has 2 fully saturated rings. The first-order valence-corrected chi connectivity index (χ1v) is 8.51. The molecule has 0 bridgehead atoms. The van der Waals surface area contributed by atoms with Gasteiger partial charge in [-0.05, 0) is 43.0 Å². The van der Waals surface area contributed by atoms with Crippen LogP contribution in [0, 0.1) is 5.92 Å². The average Bonchev–Trinajstić information content (AvgIpc) is 2.51. The Labute approximate surface area is 132 Å². The van der Waals surface area contributed by atoms with Gasteiger partial charge in [-0.1, -0.05) is 24.4 Å². The molecular weight excluding hydrogens is 284 g/mol. The first-order valence-electron chi connectivity index (χ1n) is 8.13. The summed E-state index contributed by atoms with van der Waals surface area (Å²) in [7, 11) is 0. The summed E-state index contributed by atoms with van der Waals surface area (Å²) in [5.74, 6) is 0.487. The Kier molecular flexibility index (Phi) is 5.04. The summed E-state index contributed by atoms with van der Waals surface area (Å²) in [6.45, 7) is 5.36. The van der Waals surface area contributed by atoms with Crippen LogP contribution in [0.3, 0.4) is 0 Å². The second-order valence-electron chi connectivity index (χ2n) is 6.38. The summed E-state index contributed by atoms with van der Waals surface area (Å²) in [4.78, 5) is 4.94. The van der Waals surface area contributed by atoms with Crippen LogP contribution in [-0.4, -0.2) is 48.8 Å². The van der Waals surface area contributed by atoms with Crippen molar-refractivity contribution >= 4 is 17.3 Å². The van der Waals surface area contributed by atoms with E-state index in [0.29, 0.717) is 5.92 Å². The Hall–Kier alpha value is -0.770. The number of rotatable bonds is 3. The maximum absolute atomic E-state index is 10.1. The van der Waals surface area contributed by atoms with Gasteiger partial charge in [0.25, 0.3) is 0 Å². The van der Waals surface area contributed by atoms with Crippen molar-refractivity contribution in [1.82, 2.24) is 4.90 Å². The van der Waals surface area contributed by atoms with Gasteiger partial charge in [0.15, 0.2) is 0 Å². The van der Waals surface area contributed by atoms with Crippen molar-refractivity contribution in [1.29, 1.82) is 0 Å². The van der Waals surface area contributed by atoms with Gasteiger partial charge in [-0.15, -0.1) is 0 Å². The Morgan fingerprint density at radius 3 is 2.33 bits per heavy atom. The lowest BCUT2D eigenvalue weighted by Gasteiger charge is -2.39. The zero-order valence-electron chi connectivity index (χ0n) is 12.5. The standard InChI is InChI=1S/C17H25ClN2O/c18-15-5-7-16(8-6-15)20-11-9-19(10-12-20)13-14-3-1-2-4-17(14)21/h5-8,14,17,21H,1-4,9-13H2. The molecule has 0 aromatic heterocycles. The van der Waals surface area contributed by atoms with E-state index in [1.807, 2.05) is 12.1 Å². The highest BCUT2D eigenvalue weighted by atomic mass is 35.5. The second-order valence-corrected chi connectivity index (χ2v) is 6.81. The van der Waals surface area contributed by atoms with E-state index >= 15 is 0 Å². The molecule has 1 aliphatic heterocycles. The van der Waals surface area contributed by atoms with Gasteiger partial charge >= 0.3 is 0 Å². The molecule has 2 aliphatic rings. The molecule has 1 aliphatic carbocycles. The third-order valence-corrected chi connectivity index (χ3v) is 5.18. The highest BCUT2D eigenvalue weighted by Crippen LogP contribution is 2.26. The van der Waals surface area contributed by atoms with Crippen molar-refractivity contribution in [3.8, 4) is 0 Å². The highest BCUT2D eigenvalue weighted by Gasteiger charge is 2.26. The van der Waals surface area contributed by atoms with E-state index in [9.17, 15) is 5.11 Å². The minimum Gasteiger partial charge on any atom is -0.393 e. The van der Waals surface area contributed by atoms with Gasteiger partial charge in [-0.2, -0.15) is 0 Å². The largest absolute Gasteiger partial charge is 0.393 e. The summed E-state index contributed by atoms with van der Waals surface area (Å²) in [6.07, 6.45) is 4.59. The number of aliphatic hydroxyl groups is 1. The molecule has 1 saturated carbocycles. The van der Waals surface area contributed by atoms with Gasteiger partial charge in [0.1, 0.15) is 0 Å². The number of aliphatic hydroxyl groups excluding tert-OH is 1. The van der Waals surface area contributed by atoms with Crippen LogP contribution in [0.4, 0.5) is 5.69 Å². The Morgan fingerprint density at radius 2 is 1.67 bits per heavy atom. The topological polar surface area (TPSA) is 26.7 Å². The van der Waals surface area contributed by atoms with Crippen molar-refractivity contribution < 1.29 is 5.11 Å². The van der Waals surface area contributed by atoms with E-state index in [1.54, 1.807) is 0 Å². The fraction of sp³-hybridized carbons (Fsp3) is 0.647. The van der Waals surface area contributed by atoms with Crippen molar-refractivity contribution in [2.45, 2.75) is 31.8 Å². The summed E-state index contributed by atoms with van der Waals surface area (Å²) >= 11 is 5.95. The van der Waals surface area contributed by atoms with Gasteiger partial charge in [0, 0.05) is 43.4 Å². The van der Waals surface area contributed by atoms with Crippen LogP contribution in [0.2, 0.25) is 5.02 Å². The maximum Gasteiger partial charge on any atom is 0.0580 e. The van der Waals surface area contributed by atoms with Crippen LogP contribution in [0.1, 0.15) is 25.7 Å². The van der Waals surface area contributed by atoms with Crippen LogP contribution < -0.4 is 4.90 Å². The molecule has 21 heavy (non-hydrogen) atoms. The van der Waals surface area contributed by atoms with E-state index in [-0.39, 0.29) is 6.10 Å². The molecule has 0 amide bonds. The molecule has 1 saturated heterocycles. The molecule has 0 radical (unpaired) electrons. The van der Waals surface area contributed by atoms with Crippen LogP contribution in [0.25, 0.3) is 0 Å². The minimum absolute atomic E-state index is 0.0759. The first-order chi connectivity index (χ1) is 10.2. The number of benzene rings is 1. The molecule has 2 unspecified atom stereocenters. The van der Waals surface area contributed by atoms with E-state index in [0.717, 1.165) is 44.2 Å². The number of anilines is 1. The lowest BCUT2D eigenvalue weighted by Crippen LogP contribution is -2.49. The molecule has 4 heteroatoms. The monoisotopic (exact) mass is 308 g/mol. The Morgan fingerprint density at radius 1 is 1.00 bits per heavy atom. The van der Waals surface area contributed by atoms with Crippen molar-refractivity contribution in [2.24, 2.45) is 5.92 Å². The zero-order valence-corrected chi connectivity index (χ0v) is 13.3. The Balaban J connectivity index is 1.49. The van der Waals surface area contributed by atoms with E-state index in [1.165, 1.54) is 24.9 Å². The minimum atomic E-state index is -0.0759. The number of piperazine rings is 1. The fourth-order valence-corrected chi connectivity index (χ4v) is 3.70. The number of halogens is 1. The van der Waals surface area contributed by atoms with Crippen LogP contribution in [0.5, 0.6) is 0 Å². The predicted molar refractivity (Wildman–Crippen MR) is 88.1 cm³/mol. The lowest BCUT2D eigenvalue weighted by molar-refractivity contribution is 0.0453. The van der Waals surface area contributed by atoms with E-state index in [4.69, 9.17) is 11.6 Å². The lowest BCUT2D eigenvalue weighted by atomic mass is 9.86. The molecule has 0 spiro atoms. The van der Waals surface area contributed by atoms with Crippen LogP contribution in [-0.2, 0) is 0 Å². The Bertz CT molecular complexity index is 443. The average molecular weight is 309 g/mol. The third kappa shape index (κ3) is 3.91. The van der Waals surface area contributed by atoms with Crippen LogP contribution in [0.15, 0.2) is 24.3 Å². The fourth-order valence-electron chi connectivity index (χ4n) is 3.57. The van der Waals surface area contributed by atoms with Crippen molar-refractivity contribution in [3.05, 3.63) is 29.3 Å². The van der Waals surface area contributed by atoms with Gasteiger partial charge in [0.05, 0.1) is 6.10 Å². The SMILES string of the molecule is OC1CCCCC1CN1CCN(c2ccc(Cl)cc2)CC1. The molecule has 116 valence electrons. The molecular formula is C17H25ClN2O. The smallest absolute Gasteiger partial charge is 0.0580 e. The summed E-state index contributed by atoms with van der Waals surface area (Å²) in [6, 6.07) is 8.12. The zero-order chi connectivity index (χ0) is 14.7. The maximum atomic E-state index is 10.1. The summed E-state index contributed by atoms with van der Waals surface area (Å²) in [5, 5.41) is 10.9. The number of hydrogen-bond donors (Lipinski definition) is 1. The number of hydrogen-bond acceptors (Lipinski definition) is 3. The van der Waals surface area contributed by atoms with Gasteiger partial charge in [-0.3, -0.25) is 4.90 Å². The molecule has 1 N–H and O–H groups in total. The van der Waals surface area contributed by atoms with E-state index in [2.05, 4.69) is 21.9 Å². The quantitative estimate of drug-likeness (QED) is 0.930. The third-order valence-electron chi connectivity index (χ3n) is 4.93. The molecule has 3 rings (SSSR count). The summed E-state index contributed by atoms with van der Waals surface area (Å²) in [5.41, 5.74) is 1.26. The first kappa shape index (κ1) is 15.1. The molecule has 1 aromatic rings. The van der Waals surface area contributed by atoms with Crippen molar-refractivity contribution in [3.63, 3.8) is 0 Å². The van der Waals surface area contributed by atoms with Gasteiger partial charge in [-0.25, -0.2) is 0 Å². The molecule has 1 aromatic carbocycles. The molecule has 2 atom stereocenters. The van der Waals surface area contributed by atoms with Crippen LogP contribution >= 0.6 is 11.6 Å². The predicted octanol–water partition coefficient (Wildman–Crippen LogP) is 3.01. The second kappa shape index (κ2) is 6.99. The molecule has 3 nitrogen and oxygen atoms in total. The summed E-state index contributed by atoms with van der Waals surface area (Å²) < 4.78 is 0. The number of nitrogens with zero attached hydrogens (tertiary/aromatic N) is 2. The highest BCUT2D eigenvalue weighted by molar-refractivity contribution is 6.30.